The molecule has 0 radical (unpaired) electrons. The van der Waals surface area contributed by atoms with E-state index in [-0.39, 0.29) is 14.8 Å². The van der Waals surface area contributed by atoms with Crippen LogP contribution >= 0.6 is 8.88 Å². The van der Waals surface area contributed by atoms with Crippen molar-refractivity contribution < 1.29 is 9.59 Å². The van der Waals surface area contributed by atoms with Gasteiger partial charge in [-0.15, -0.1) is 0 Å². The SMILES string of the molecule is NCCCCC(C=O)C(=O)NPN. The standard InChI is InChI=1S/C7H16N3O2P/c8-4-2-1-3-6(5-11)7(12)10-13-9/h5-6,13H,1-4,8-9H2,(H,10,12). The lowest BCUT2D eigenvalue weighted by Crippen LogP contribution is -2.27. The van der Waals surface area contributed by atoms with E-state index in [4.69, 9.17) is 11.2 Å². The van der Waals surface area contributed by atoms with Crippen LogP contribution in [0.2, 0.25) is 0 Å². The molecule has 2 unspecified atom stereocenters. The zero-order valence-electron chi connectivity index (χ0n) is 7.45. The Bertz CT molecular complexity index is 166. The van der Waals surface area contributed by atoms with Crippen molar-refractivity contribution in [2.45, 2.75) is 19.3 Å². The van der Waals surface area contributed by atoms with Gasteiger partial charge in [-0.2, -0.15) is 0 Å². The van der Waals surface area contributed by atoms with E-state index >= 15 is 0 Å². The van der Waals surface area contributed by atoms with Crippen LogP contribution in [0.3, 0.4) is 0 Å². The summed E-state index contributed by atoms with van der Waals surface area (Å²) in [4.78, 5) is 21.6. The predicted molar refractivity (Wildman–Crippen MR) is 53.1 cm³/mol. The van der Waals surface area contributed by atoms with Gasteiger partial charge in [0.2, 0.25) is 5.91 Å². The molecule has 0 saturated heterocycles. The summed E-state index contributed by atoms with van der Waals surface area (Å²) >= 11 is 0. The first-order valence-electron chi connectivity index (χ1n) is 4.17. The molecule has 0 spiro atoms. The maximum absolute atomic E-state index is 11.1. The van der Waals surface area contributed by atoms with Gasteiger partial charge in [-0.25, -0.2) is 0 Å². The zero-order chi connectivity index (χ0) is 10.1. The molecular formula is C7H16N3O2P. The summed E-state index contributed by atoms with van der Waals surface area (Å²) in [7, 11) is -0.144. The molecule has 0 aliphatic heterocycles. The fourth-order valence-corrected chi connectivity index (χ4v) is 1.26. The van der Waals surface area contributed by atoms with Crippen LogP contribution in [0, 0.1) is 5.92 Å². The van der Waals surface area contributed by atoms with Gasteiger partial charge in [0, 0.05) is 8.88 Å². The number of carbonyl (C=O) groups excluding carboxylic acids is 2. The first-order chi connectivity index (χ1) is 6.26. The molecule has 0 aromatic carbocycles. The lowest BCUT2D eigenvalue weighted by Gasteiger charge is -2.08. The number of nitrogens with two attached hydrogens (primary N) is 2. The Morgan fingerprint density at radius 2 is 2.23 bits per heavy atom. The third-order valence-electron chi connectivity index (χ3n) is 1.67. The molecule has 5 nitrogen and oxygen atoms in total. The fraction of sp³-hybridized carbons (Fsp3) is 0.714. The molecule has 0 fully saturated rings. The van der Waals surface area contributed by atoms with Crippen LogP contribution in [-0.2, 0) is 9.59 Å². The maximum atomic E-state index is 11.1. The van der Waals surface area contributed by atoms with Crippen LogP contribution in [0.25, 0.3) is 0 Å². The molecule has 0 heterocycles. The molecule has 6 heteroatoms. The second-order valence-corrected chi connectivity index (χ2v) is 3.20. The number of nitrogens with one attached hydrogen (secondary N) is 1. The van der Waals surface area contributed by atoms with Crippen molar-refractivity contribution in [1.29, 1.82) is 0 Å². The number of carbonyl (C=O) groups is 2. The normalized spacial score (nSPS) is 13.1. The lowest BCUT2D eigenvalue weighted by atomic mass is 10.0. The predicted octanol–water partition coefficient (Wildman–Crippen LogP) is -0.486. The molecule has 76 valence electrons. The minimum atomic E-state index is -0.567. The van der Waals surface area contributed by atoms with E-state index in [1.807, 2.05) is 0 Å². The Morgan fingerprint density at radius 1 is 1.54 bits per heavy atom. The zero-order valence-corrected chi connectivity index (χ0v) is 8.45. The Labute approximate surface area is 79.5 Å². The summed E-state index contributed by atoms with van der Waals surface area (Å²) in [5, 5.41) is 2.43. The van der Waals surface area contributed by atoms with Crippen molar-refractivity contribution in [3.8, 4) is 0 Å². The Hall–Kier alpha value is -0.510. The number of rotatable bonds is 7. The van der Waals surface area contributed by atoms with Crippen LogP contribution in [0.4, 0.5) is 0 Å². The average Bonchev–Trinajstić information content (AvgIpc) is 2.13. The highest BCUT2D eigenvalue weighted by atomic mass is 31.1. The van der Waals surface area contributed by atoms with Crippen molar-refractivity contribution in [2.75, 3.05) is 6.54 Å². The number of hydrogen-bond donors (Lipinski definition) is 3. The van der Waals surface area contributed by atoms with Crippen molar-refractivity contribution in [3.05, 3.63) is 0 Å². The van der Waals surface area contributed by atoms with E-state index in [1.54, 1.807) is 0 Å². The van der Waals surface area contributed by atoms with Gasteiger partial charge in [0.25, 0.3) is 0 Å². The summed E-state index contributed by atoms with van der Waals surface area (Å²) in [6.45, 7) is 0.589. The van der Waals surface area contributed by atoms with E-state index in [1.165, 1.54) is 0 Å². The summed E-state index contributed by atoms with van der Waals surface area (Å²) < 4.78 is 0. The van der Waals surface area contributed by atoms with Crippen LogP contribution in [0.1, 0.15) is 19.3 Å². The monoisotopic (exact) mass is 205 g/mol. The molecule has 0 aromatic rings. The highest BCUT2D eigenvalue weighted by molar-refractivity contribution is 7.33. The molecule has 5 N–H and O–H groups in total. The smallest absolute Gasteiger partial charge is 0.234 e. The van der Waals surface area contributed by atoms with Crippen LogP contribution < -0.4 is 16.3 Å². The minimum absolute atomic E-state index is 0.144. The second-order valence-electron chi connectivity index (χ2n) is 2.66. The van der Waals surface area contributed by atoms with Gasteiger partial charge in [0.05, 0.1) is 5.92 Å². The molecule has 2 atom stereocenters. The molecule has 0 aliphatic carbocycles. The highest BCUT2D eigenvalue weighted by Crippen LogP contribution is 2.07. The van der Waals surface area contributed by atoms with Gasteiger partial charge in [0.15, 0.2) is 0 Å². The van der Waals surface area contributed by atoms with Gasteiger partial charge in [-0.05, 0) is 19.4 Å². The van der Waals surface area contributed by atoms with Crippen LogP contribution in [-0.4, -0.2) is 18.7 Å². The van der Waals surface area contributed by atoms with E-state index in [2.05, 4.69) is 5.09 Å². The third-order valence-corrected chi connectivity index (χ3v) is 2.06. The van der Waals surface area contributed by atoms with E-state index in [0.29, 0.717) is 19.3 Å². The van der Waals surface area contributed by atoms with Gasteiger partial charge in [-0.3, -0.25) is 10.3 Å². The number of unbranched alkanes of at least 4 members (excludes halogenated alkanes) is 1. The van der Waals surface area contributed by atoms with Gasteiger partial charge in [-0.1, -0.05) is 6.42 Å². The third kappa shape index (κ3) is 5.69. The summed E-state index contributed by atoms with van der Waals surface area (Å²) in [5.41, 5.74) is 10.4. The summed E-state index contributed by atoms with van der Waals surface area (Å²) in [6.07, 6.45) is 2.84. The van der Waals surface area contributed by atoms with Crippen molar-refractivity contribution >= 4 is 21.1 Å². The summed E-state index contributed by atoms with van der Waals surface area (Å²) in [6, 6.07) is 0. The minimum Gasteiger partial charge on any atom is -0.330 e. The number of hydrogen-bond acceptors (Lipinski definition) is 4. The van der Waals surface area contributed by atoms with Crippen molar-refractivity contribution in [1.82, 2.24) is 5.09 Å². The molecule has 0 aromatic heterocycles. The van der Waals surface area contributed by atoms with Gasteiger partial charge in [0.1, 0.15) is 6.29 Å². The fourth-order valence-electron chi connectivity index (χ4n) is 0.933. The topological polar surface area (TPSA) is 98.2 Å². The maximum Gasteiger partial charge on any atom is 0.234 e. The molecule has 0 aliphatic rings. The Morgan fingerprint density at radius 3 is 2.69 bits per heavy atom. The van der Waals surface area contributed by atoms with E-state index in [0.717, 1.165) is 12.8 Å². The van der Waals surface area contributed by atoms with Crippen LogP contribution in [0.5, 0.6) is 0 Å². The summed E-state index contributed by atoms with van der Waals surface area (Å²) in [5.74, 6) is -0.851. The van der Waals surface area contributed by atoms with E-state index < -0.39 is 5.92 Å². The van der Waals surface area contributed by atoms with Gasteiger partial charge < -0.3 is 15.6 Å². The quantitative estimate of drug-likeness (QED) is 0.226. The molecular weight excluding hydrogens is 189 g/mol. The van der Waals surface area contributed by atoms with Crippen molar-refractivity contribution in [3.63, 3.8) is 0 Å². The molecule has 0 bridgehead atoms. The molecule has 13 heavy (non-hydrogen) atoms. The van der Waals surface area contributed by atoms with Crippen LogP contribution in [0.15, 0.2) is 0 Å². The first kappa shape index (κ1) is 12.5. The number of aldehydes is 1. The second kappa shape index (κ2) is 8.10. The molecule has 0 saturated carbocycles. The Balaban J connectivity index is 3.73. The van der Waals surface area contributed by atoms with Gasteiger partial charge >= 0.3 is 0 Å². The van der Waals surface area contributed by atoms with E-state index in [9.17, 15) is 9.59 Å². The van der Waals surface area contributed by atoms with Crippen molar-refractivity contribution in [2.24, 2.45) is 17.2 Å². The first-order valence-corrected chi connectivity index (χ1v) is 5.24. The molecule has 0 rings (SSSR count). The lowest BCUT2D eigenvalue weighted by molar-refractivity contribution is -0.127. The highest BCUT2D eigenvalue weighted by Gasteiger charge is 2.15. The average molecular weight is 205 g/mol. The Kier molecular flexibility index (Phi) is 7.79. The molecule has 1 amide bonds. The number of amides is 1. The largest absolute Gasteiger partial charge is 0.330 e.